The predicted molar refractivity (Wildman–Crippen MR) is 85.1 cm³/mol. The molecular formula is C17H23ClN2O. The normalized spacial score (nSPS) is 30.3. The highest BCUT2D eigenvalue weighted by atomic mass is 35.5. The molecule has 4 heteroatoms. The average Bonchev–Trinajstić information content (AvgIpc) is 3.08. The third kappa shape index (κ3) is 2.58. The summed E-state index contributed by atoms with van der Waals surface area (Å²) in [5.74, 6) is 0.247. The second kappa shape index (κ2) is 5.62. The molecule has 1 aliphatic carbocycles. The molecule has 2 fully saturated rings. The van der Waals surface area contributed by atoms with Crippen LogP contribution in [-0.4, -0.2) is 22.4 Å². The van der Waals surface area contributed by atoms with Crippen molar-refractivity contribution in [2.75, 3.05) is 0 Å². The maximum Gasteiger partial charge on any atom is 0.244 e. The highest BCUT2D eigenvalue weighted by molar-refractivity contribution is 6.30. The minimum absolute atomic E-state index is 0.0252. The van der Waals surface area contributed by atoms with Crippen molar-refractivity contribution in [3.63, 3.8) is 0 Å². The first kappa shape index (κ1) is 14.9. The average molecular weight is 307 g/mol. The second-order valence-electron chi connectivity index (χ2n) is 6.43. The van der Waals surface area contributed by atoms with Crippen molar-refractivity contribution < 1.29 is 4.79 Å². The molecule has 1 saturated heterocycles. The van der Waals surface area contributed by atoms with Crippen LogP contribution < -0.4 is 5.32 Å². The van der Waals surface area contributed by atoms with Crippen molar-refractivity contribution in [2.24, 2.45) is 0 Å². The maximum atomic E-state index is 12.9. The van der Waals surface area contributed by atoms with E-state index in [9.17, 15) is 4.79 Å². The Bertz CT molecular complexity index is 524. The molecule has 1 N–H and O–H groups in total. The van der Waals surface area contributed by atoms with Gasteiger partial charge in [0.05, 0.1) is 5.54 Å². The van der Waals surface area contributed by atoms with Crippen molar-refractivity contribution in [1.29, 1.82) is 0 Å². The lowest BCUT2D eigenvalue weighted by Crippen LogP contribution is -2.44. The van der Waals surface area contributed by atoms with E-state index >= 15 is 0 Å². The highest BCUT2D eigenvalue weighted by Crippen LogP contribution is 2.38. The number of carbonyl (C=O) groups is 1. The number of nitrogens with zero attached hydrogens (tertiary/aromatic N) is 1. The summed E-state index contributed by atoms with van der Waals surface area (Å²) in [6.45, 7) is 4.09. The van der Waals surface area contributed by atoms with Gasteiger partial charge in [-0.2, -0.15) is 0 Å². The first-order chi connectivity index (χ1) is 10.0. The largest absolute Gasteiger partial charge is 0.318 e. The van der Waals surface area contributed by atoms with E-state index < -0.39 is 5.54 Å². The van der Waals surface area contributed by atoms with Crippen LogP contribution in [0.4, 0.5) is 0 Å². The zero-order valence-corrected chi connectivity index (χ0v) is 13.5. The Labute approximate surface area is 131 Å². The minimum Gasteiger partial charge on any atom is -0.318 e. The lowest BCUT2D eigenvalue weighted by atomic mass is 9.99. The molecule has 3 nitrogen and oxygen atoms in total. The van der Waals surface area contributed by atoms with Gasteiger partial charge in [-0.1, -0.05) is 43.5 Å². The van der Waals surface area contributed by atoms with Gasteiger partial charge in [0, 0.05) is 11.1 Å². The van der Waals surface area contributed by atoms with Crippen molar-refractivity contribution in [1.82, 2.24) is 10.2 Å². The molecule has 0 radical (unpaired) electrons. The first-order valence-electron chi connectivity index (χ1n) is 7.91. The molecule has 1 aliphatic heterocycles. The van der Waals surface area contributed by atoms with Gasteiger partial charge in [0.1, 0.15) is 6.17 Å². The minimum atomic E-state index is -0.451. The molecule has 21 heavy (non-hydrogen) atoms. The number of nitrogens with one attached hydrogen (secondary N) is 1. The number of rotatable bonds is 3. The topological polar surface area (TPSA) is 32.3 Å². The van der Waals surface area contributed by atoms with Gasteiger partial charge in [-0.15, -0.1) is 0 Å². The Morgan fingerprint density at radius 1 is 1.29 bits per heavy atom. The van der Waals surface area contributed by atoms with Crippen LogP contribution in [-0.2, 0) is 4.79 Å². The van der Waals surface area contributed by atoms with Gasteiger partial charge < -0.3 is 4.90 Å². The molecule has 3 rings (SSSR count). The van der Waals surface area contributed by atoms with Gasteiger partial charge in [0.15, 0.2) is 0 Å². The lowest BCUT2D eigenvalue weighted by Gasteiger charge is -2.30. The molecule has 1 aromatic rings. The molecule has 0 bridgehead atoms. The van der Waals surface area contributed by atoms with Gasteiger partial charge in [-0.3, -0.25) is 10.1 Å². The number of hydrogen-bond donors (Lipinski definition) is 1. The molecule has 114 valence electrons. The van der Waals surface area contributed by atoms with Crippen LogP contribution in [0.1, 0.15) is 57.7 Å². The summed E-state index contributed by atoms with van der Waals surface area (Å²) < 4.78 is 0. The predicted octanol–water partition coefficient (Wildman–Crippen LogP) is 3.88. The fourth-order valence-electron chi connectivity index (χ4n) is 3.54. The Kier molecular flexibility index (Phi) is 3.98. The van der Waals surface area contributed by atoms with Crippen molar-refractivity contribution >= 4 is 17.5 Å². The third-order valence-electron chi connectivity index (χ3n) is 5.05. The standard InChI is InChI=1S/C17H23ClN2O/c1-3-17(2)16(21)20(14-6-4-5-7-14)15(19-17)12-8-10-13(18)11-9-12/h8-11,14-15,19H,3-7H2,1-2H3. The highest BCUT2D eigenvalue weighted by Gasteiger charge is 2.49. The number of halogens is 1. The molecule has 1 aromatic carbocycles. The molecule has 1 amide bonds. The van der Waals surface area contributed by atoms with E-state index in [2.05, 4.69) is 17.1 Å². The fraction of sp³-hybridized carbons (Fsp3) is 0.588. The van der Waals surface area contributed by atoms with Gasteiger partial charge in [-0.25, -0.2) is 0 Å². The summed E-state index contributed by atoms with van der Waals surface area (Å²) in [6.07, 6.45) is 5.48. The zero-order chi connectivity index (χ0) is 15.0. The van der Waals surface area contributed by atoms with E-state index in [-0.39, 0.29) is 12.1 Å². The third-order valence-corrected chi connectivity index (χ3v) is 5.30. The van der Waals surface area contributed by atoms with Crippen molar-refractivity contribution in [3.8, 4) is 0 Å². The molecule has 0 spiro atoms. The summed E-state index contributed by atoms with van der Waals surface area (Å²) in [4.78, 5) is 15.0. The van der Waals surface area contributed by atoms with Crippen molar-refractivity contribution in [3.05, 3.63) is 34.9 Å². The SMILES string of the molecule is CCC1(C)NC(c2ccc(Cl)cc2)N(C2CCCC2)C1=O. The van der Waals surface area contributed by atoms with E-state index in [1.54, 1.807) is 0 Å². The lowest BCUT2D eigenvalue weighted by molar-refractivity contribution is -0.135. The van der Waals surface area contributed by atoms with E-state index in [0.717, 1.165) is 29.8 Å². The number of hydrogen-bond acceptors (Lipinski definition) is 2. The molecular weight excluding hydrogens is 284 g/mol. The number of carbonyl (C=O) groups excluding carboxylic acids is 1. The van der Waals surface area contributed by atoms with E-state index in [0.29, 0.717) is 6.04 Å². The van der Waals surface area contributed by atoms with E-state index in [1.165, 1.54) is 12.8 Å². The monoisotopic (exact) mass is 306 g/mol. The van der Waals surface area contributed by atoms with Gasteiger partial charge in [-0.05, 0) is 43.9 Å². The molecule has 0 aromatic heterocycles. The maximum absolute atomic E-state index is 12.9. The van der Waals surface area contributed by atoms with Gasteiger partial charge >= 0.3 is 0 Å². The van der Waals surface area contributed by atoms with Crippen LogP contribution in [0.5, 0.6) is 0 Å². The first-order valence-corrected chi connectivity index (χ1v) is 8.29. The Balaban J connectivity index is 1.95. The van der Waals surface area contributed by atoms with Crippen LogP contribution in [0.25, 0.3) is 0 Å². The molecule has 2 atom stereocenters. The van der Waals surface area contributed by atoms with Crippen molar-refractivity contribution in [2.45, 2.75) is 63.7 Å². The zero-order valence-electron chi connectivity index (χ0n) is 12.7. The molecule has 1 saturated carbocycles. The molecule has 1 heterocycles. The van der Waals surface area contributed by atoms with E-state index in [4.69, 9.17) is 11.6 Å². The van der Waals surface area contributed by atoms with Gasteiger partial charge in [0.2, 0.25) is 5.91 Å². The Hall–Kier alpha value is -1.06. The summed E-state index contributed by atoms with van der Waals surface area (Å²) in [5.41, 5.74) is 0.671. The molecule has 2 unspecified atom stereocenters. The summed E-state index contributed by atoms with van der Waals surface area (Å²) >= 11 is 5.99. The van der Waals surface area contributed by atoms with Gasteiger partial charge in [0.25, 0.3) is 0 Å². The smallest absolute Gasteiger partial charge is 0.244 e. The van der Waals surface area contributed by atoms with Crippen LogP contribution in [0.15, 0.2) is 24.3 Å². The second-order valence-corrected chi connectivity index (χ2v) is 6.87. The van der Waals surface area contributed by atoms with Crippen LogP contribution in [0, 0.1) is 0 Å². The Morgan fingerprint density at radius 3 is 2.48 bits per heavy atom. The number of benzene rings is 1. The van der Waals surface area contributed by atoms with Crippen LogP contribution in [0.3, 0.4) is 0 Å². The number of amides is 1. The summed E-state index contributed by atoms with van der Waals surface area (Å²) in [6, 6.07) is 8.22. The summed E-state index contributed by atoms with van der Waals surface area (Å²) in [5, 5.41) is 4.29. The van der Waals surface area contributed by atoms with Crippen LogP contribution >= 0.6 is 11.6 Å². The summed E-state index contributed by atoms with van der Waals surface area (Å²) in [7, 11) is 0. The quantitative estimate of drug-likeness (QED) is 0.919. The molecule has 2 aliphatic rings. The van der Waals surface area contributed by atoms with Crippen LogP contribution in [0.2, 0.25) is 5.02 Å². The Morgan fingerprint density at radius 2 is 1.90 bits per heavy atom. The van der Waals surface area contributed by atoms with E-state index in [1.807, 2.05) is 31.2 Å². The fourth-order valence-corrected chi connectivity index (χ4v) is 3.66.